The number of fused-ring (bicyclic) bond motifs is 1. The Labute approximate surface area is 200 Å². The van der Waals surface area contributed by atoms with Crippen molar-refractivity contribution in [3.63, 3.8) is 0 Å². The monoisotopic (exact) mass is 473 g/mol. The zero-order valence-electron chi connectivity index (χ0n) is 20.2. The van der Waals surface area contributed by atoms with Crippen LogP contribution in [0.2, 0.25) is 0 Å². The molecule has 10 heteroatoms. The Morgan fingerprint density at radius 2 is 2.12 bits per heavy atom. The van der Waals surface area contributed by atoms with Crippen LogP contribution in [0.3, 0.4) is 0 Å². The second-order valence-electron chi connectivity index (χ2n) is 8.88. The zero-order valence-corrected chi connectivity index (χ0v) is 20.2. The summed E-state index contributed by atoms with van der Waals surface area (Å²) in [5.74, 6) is -0.129. The van der Waals surface area contributed by atoms with E-state index in [0.29, 0.717) is 32.5 Å². The van der Waals surface area contributed by atoms with Crippen LogP contribution >= 0.6 is 0 Å². The number of amides is 2. The summed E-state index contributed by atoms with van der Waals surface area (Å²) in [5, 5.41) is 17.8. The number of aryl methyl sites for hydroxylation is 1. The molecule has 0 saturated carbocycles. The molecule has 0 bridgehead atoms. The minimum atomic E-state index is -0.450. The van der Waals surface area contributed by atoms with Gasteiger partial charge in [0.1, 0.15) is 6.61 Å². The van der Waals surface area contributed by atoms with Crippen molar-refractivity contribution >= 4 is 12.0 Å². The molecular weight excluding hydrogens is 438 g/mol. The highest BCUT2D eigenvalue weighted by molar-refractivity contribution is 5.76. The van der Waals surface area contributed by atoms with Crippen LogP contribution in [-0.2, 0) is 34.0 Å². The van der Waals surface area contributed by atoms with Crippen LogP contribution < -0.4 is 0 Å². The summed E-state index contributed by atoms with van der Waals surface area (Å²) in [6, 6.07) is 9.19. The molecule has 186 valence electrons. The summed E-state index contributed by atoms with van der Waals surface area (Å²) >= 11 is 0. The number of hydrogen-bond acceptors (Lipinski definition) is 7. The molecule has 34 heavy (non-hydrogen) atoms. The maximum absolute atomic E-state index is 12.9. The van der Waals surface area contributed by atoms with Crippen molar-refractivity contribution in [1.29, 1.82) is 0 Å². The number of hydrogen-bond donors (Lipinski definition) is 1. The van der Waals surface area contributed by atoms with Crippen molar-refractivity contribution in [3.05, 3.63) is 47.8 Å². The van der Waals surface area contributed by atoms with Gasteiger partial charge in [0.05, 0.1) is 43.8 Å². The maximum Gasteiger partial charge on any atom is 0.409 e. The first-order valence-corrected chi connectivity index (χ1v) is 11.7. The number of ether oxygens (including phenoxy) is 2. The standard InChI is InChI=1S/C24H35N5O5/c1-18-13-28(19(2)15-30)23(31)10-7-11-29-21(12-25-26-29)17-33-22(18)14-27(3)24(32)34-16-20-8-5-4-6-9-20/h4-6,8-9,12,18-19,22,30H,7,10-11,13-17H2,1-3H3/t18-,19-,22+/m1/s1. The normalized spacial score (nSPS) is 20.6. The summed E-state index contributed by atoms with van der Waals surface area (Å²) in [6.45, 7) is 5.42. The predicted octanol–water partition coefficient (Wildman–Crippen LogP) is 2.07. The van der Waals surface area contributed by atoms with Gasteiger partial charge in [0.2, 0.25) is 5.91 Å². The Balaban J connectivity index is 1.71. The minimum absolute atomic E-state index is 0.0231. The summed E-state index contributed by atoms with van der Waals surface area (Å²) in [4.78, 5) is 28.8. The van der Waals surface area contributed by atoms with Gasteiger partial charge in [-0.1, -0.05) is 42.5 Å². The van der Waals surface area contributed by atoms with E-state index in [1.807, 2.05) is 44.2 Å². The molecule has 1 aromatic carbocycles. The van der Waals surface area contributed by atoms with Crippen LogP contribution in [0.5, 0.6) is 0 Å². The fraction of sp³-hybridized carbons (Fsp3) is 0.583. The van der Waals surface area contributed by atoms with Gasteiger partial charge in [-0.15, -0.1) is 5.10 Å². The smallest absolute Gasteiger partial charge is 0.409 e. The van der Waals surface area contributed by atoms with Gasteiger partial charge in [-0.05, 0) is 18.9 Å². The maximum atomic E-state index is 12.9. The van der Waals surface area contributed by atoms with Gasteiger partial charge >= 0.3 is 6.09 Å². The molecule has 0 fully saturated rings. The SMILES string of the molecule is C[C@@H]1CN([C@H](C)CO)C(=O)CCCn2nncc2CO[C@H]1CN(C)C(=O)OCc1ccccc1. The van der Waals surface area contributed by atoms with E-state index in [-0.39, 0.29) is 43.7 Å². The number of aliphatic hydroxyl groups is 1. The van der Waals surface area contributed by atoms with Gasteiger partial charge < -0.3 is 24.4 Å². The average molecular weight is 474 g/mol. The number of rotatable bonds is 6. The van der Waals surface area contributed by atoms with Crippen molar-refractivity contribution in [3.8, 4) is 0 Å². The van der Waals surface area contributed by atoms with E-state index >= 15 is 0 Å². The molecule has 0 unspecified atom stereocenters. The van der Waals surface area contributed by atoms with E-state index in [9.17, 15) is 14.7 Å². The van der Waals surface area contributed by atoms with Crippen molar-refractivity contribution in [2.24, 2.45) is 5.92 Å². The molecule has 2 heterocycles. The topological polar surface area (TPSA) is 110 Å². The molecule has 3 atom stereocenters. The second kappa shape index (κ2) is 12.5. The van der Waals surface area contributed by atoms with Crippen LogP contribution in [0.1, 0.15) is 37.9 Å². The highest BCUT2D eigenvalue weighted by Gasteiger charge is 2.29. The number of nitrogens with zero attached hydrogens (tertiary/aromatic N) is 5. The van der Waals surface area contributed by atoms with Crippen LogP contribution in [-0.4, -0.2) is 80.8 Å². The van der Waals surface area contributed by atoms with Crippen LogP contribution in [0.15, 0.2) is 36.5 Å². The Morgan fingerprint density at radius 1 is 1.35 bits per heavy atom. The molecule has 1 aromatic heterocycles. The number of likely N-dealkylation sites (N-methyl/N-ethyl adjacent to an activating group) is 1. The first kappa shape index (κ1) is 25.6. The quantitative estimate of drug-likeness (QED) is 0.684. The van der Waals surface area contributed by atoms with Gasteiger partial charge in [-0.2, -0.15) is 0 Å². The molecular formula is C24H35N5O5. The van der Waals surface area contributed by atoms with Crippen LogP contribution in [0, 0.1) is 5.92 Å². The summed E-state index contributed by atoms with van der Waals surface area (Å²) in [7, 11) is 1.67. The number of aliphatic hydroxyl groups excluding tert-OH is 1. The summed E-state index contributed by atoms with van der Waals surface area (Å²) < 4.78 is 13.4. The fourth-order valence-corrected chi connectivity index (χ4v) is 3.92. The van der Waals surface area contributed by atoms with Gasteiger partial charge in [0.15, 0.2) is 0 Å². The third-order valence-electron chi connectivity index (χ3n) is 6.11. The van der Waals surface area contributed by atoms with Gasteiger partial charge in [0.25, 0.3) is 0 Å². The third-order valence-corrected chi connectivity index (χ3v) is 6.11. The molecule has 2 aromatic rings. The predicted molar refractivity (Wildman–Crippen MR) is 125 cm³/mol. The van der Waals surface area contributed by atoms with Crippen molar-refractivity contribution in [1.82, 2.24) is 24.8 Å². The molecule has 2 amide bonds. The molecule has 0 aliphatic carbocycles. The third kappa shape index (κ3) is 7.01. The van der Waals surface area contributed by atoms with Gasteiger partial charge in [-0.3, -0.25) is 4.79 Å². The lowest BCUT2D eigenvalue weighted by molar-refractivity contribution is -0.136. The molecule has 10 nitrogen and oxygen atoms in total. The Bertz CT molecular complexity index is 921. The molecule has 1 N–H and O–H groups in total. The highest BCUT2D eigenvalue weighted by Crippen LogP contribution is 2.18. The van der Waals surface area contributed by atoms with E-state index in [1.54, 1.807) is 22.8 Å². The number of carbonyl (C=O) groups excluding carboxylic acids is 2. The second-order valence-corrected chi connectivity index (χ2v) is 8.88. The molecule has 0 radical (unpaired) electrons. The molecule has 0 spiro atoms. The lowest BCUT2D eigenvalue weighted by Gasteiger charge is -2.35. The number of carbonyl (C=O) groups is 2. The average Bonchev–Trinajstić information content (AvgIpc) is 3.29. The Kier molecular flexibility index (Phi) is 9.41. The van der Waals surface area contributed by atoms with Crippen LogP contribution in [0.25, 0.3) is 0 Å². The lowest BCUT2D eigenvalue weighted by Crippen LogP contribution is -2.48. The first-order chi connectivity index (χ1) is 16.4. The summed E-state index contributed by atoms with van der Waals surface area (Å²) in [5.41, 5.74) is 1.73. The van der Waals surface area contributed by atoms with E-state index in [4.69, 9.17) is 9.47 Å². The first-order valence-electron chi connectivity index (χ1n) is 11.7. The summed E-state index contributed by atoms with van der Waals surface area (Å²) in [6.07, 6.45) is 1.81. The van der Waals surface area contributed by atoms with E-state index < -0.39 is 6.09 Å². The van der Waals surface area contributed by atoms with E-state index in [1.165, 1.54) is 4.90 Å². The molecule has 3 rings (SSSR count). The van der Waals surface area contributed by atoms with Crippen molar-refractivity contribution in [2.75, 3.05) is 26.7 Å². The van der Waals surface area contributed by atoms with E-state index in [2.05, 4.69) is 10.3 Å². The Hall–Kier alpha value is -2.98. The molecule has 1 aliphatic rings. The minimum Gasteiger partial charge on any atom is -0.445 e. The number of benzene rings is 1. The molecule has 1 aliphatic heterocycles. The number of aromatic nitrogens is 3. The Morgan fingerprint density at radius 3 is 2.85 bits per heavy atom. The highest BCUT2D eigenvalue weighted by atomic mass is 16.6. The van der Waals surface area contributed by atoms with Crippen molar-refractivity contribution in [2.45, 2.75) is 58.6 Å². The molecule has 0 saturated heterocycles. The van der Waals surface area contributed by atoms with Gasteiger partial charge in [-0.25, -0.2) is 9.48 Å². The van der Waals surface area contributed by atoms with E-state index in [0.717, 1.165) is 11.3 Å². The van der Waals surface area contributed by atoms with Crippen molar-refractivity contribution < 1.29 is 24.2 Å². The fourth-order valence-electron chi connectivity index (χ4n) is 3.92. The zero-order chi connectivity index (χ0) is 24.5. The van der Waals surface area contributed by atoms with Crippen LogP contribution in [0.4, 0.5) is 4.79 Å². The lowest BCUT2D eigenvalue weighted by atomic mass is 10.0. The van der Waals surface area contributed by atoms with Gasteiger partial charge in [0, 0.05) is 32.5 Å². The largest absolute Gasteiger partial charge is 0.445 e.